The van der Waals surface area contributed by atoms with Crippen molar-refractivity contribution < 1.29 is 9.90 Å². The second-order valence-corrected chi connectivity index (χ2v) is 5.21. The molecule has 1 heterocycles. The SMILES string of the molecule is O=C(O)CCCCCCCCCCCCn1ncnn1. The molecule has 0 bridgehead atoms. The van der Waals surface area contributed by atoms with E-state index in [4.69, 9.17) is 5.11 Å². The fraction of sp³-hybridized carbons (Fsp3) is 0.857. The molecule has 0 radical (unpaired) electrons. The Hall–Kier alpha value is -1.46. The largest absolute Gasteiger partial charge is 0.481 e. The molecule has 0 amide bonds. The first-order valence-corrected chi connectivity index (χ1v) is 7.71. The van der Waals surface area contributed by atoms with Gasteiger partial charge in [0.05, 0.1) is 6.54 Å². The minimum atomic E-state index is -0.675. The van der Waals surface area contributed by atoms with E-state index in [9.17, 15) is 4.79 Å². The summed E-state index contributed by atoms with van der Waals surface area (Å²) in [5, 5.41) is 20.0. The van der Waals surface area contributed by atoms with Gasteiger partial charge in [-0.25, -0.2) is 0 Å². The molecule has 1 N–H and O–H groups in total. The van der Waals surface area contributed by atoms with Crippen LogP contribution in [0.2, 0.25) is 0 Å². The van der Waals surface area contributed by atoms with Gasteiger partial charge in [-0.05, 0) is 18.1 Å². The molecule has 0 atom stereocenters. The minimum Gasteiger partial charge on any atom is -0.481 e. The first-order valence-electron chi connectivity index (χ1n) is 7.71. The number of unbranched alkanes of at least 4 members (excludes halogenated alkanes) is 9. The number of rotatable bonds is 13. The Morgan fingerprint density at radius 1 is 0.900 bits per heavy atom. The maximum Gasteiger partial charge on any atom is 0.303 e. The number of aromatic nitrogens is 4. The molecule has 0 aliphatic carbocycles. The first kappa shape index (κ1) is 16.6. The third-order valence-electron chi connectivity index (χ3n) is 3.39. The number of tetrazole rings is 1. The second kappa shape index (κ2) is 11.4. The van der Waals surface area contributed by atoms with Gasteiger partial charge >= 0.3 is 5.97 Å². The van der Waals surface area contributed by atoms with Crippen molar-refractivity contribution in [2.24, 2.45) is 0 Å². The highest BCUT2D eigenvalue weighted by atomic mass is 16.4. The van der Waals surface area contributed by atoms with Crippen LogP contribution in [0.25, 0.3) is 0 Å². The van der Waals surface area contributed by atoms with Gasteiger partial charge in [-0.1, -0.05) is 51.4 Å². The van der Waals surface area contributed by atoms with Gasteiger partial charge in [-0.15, -0.1) is 10.2 Å². The van der Waals surface area contributed by atoms with Crippen LogP contribution in [0.3, 0.4) is 0 Å². The molecule has 0 aliphatic heterocycles. The van der Waals surface area contributed by atoms with Crippen molar-refractivity contribution in [2.75, 3.05) is 0 Å². The fourth-order valence-corrected chi connectivity index (χ4v) is 2.23. The number of nitrogens with zero attached hydrogens (tertiary/aromatic N) is 4. The van der Waals surface area contributed by atoms with E-state index in [1.54, 1.807) is 4.80 Å². The van der Waals surface area contributed by atoms with E-state index in [0.29, 0.717) is 6.42 Å². The van der Waals surface area contributed by atoms with Gasteiger partial charge in [-0.3, -0.25) is 4.79 Å². The molecule has 1 rings (SSSR count). The zero-order chi connectivity index (χ0) is 14.5. The standard InChI is InChI=1S/C14H26N4O2/c19-14(20)11-9-7-5-3-1-2-4-6-8-10-12-18-16-13-15-17-18/h13H,1-12H2,(H,19,20). The van der Waals surface area contributed by atoms with Crippen LogP contribution in [0.15, 0.2) is 6.33 Å². The van der Waals surface area contributed by atoms with Gasteiger partial charge in [0.2, 0.25) is 0 Å². The number of carboxylic acids is 1. The van der Waals surface area contributed by atoms with Crippen molar-refractivity contribution in [1.29, 1.82) is 0 Å². The Bertz CT molecular complexity index is 341. The van der Waals surface area contributed by atoms with Crippen molar-refractivity contribution in [3.8, 4) is 0 Å². The van der Waals surface area contributed by atoms with E-state index in [-0.39, 0.29) is 0 Å². The number of hydrogen-bond donors (Lipinski definition) is 1. The Balaban J connectivity index is 1.73. The quantitative estimate of drug-likeness (QED) is 0.562. The van der Waals surface area contributed by atoms with Gasteiger partial charge in [-0.2, -0.15) is 4.80 Å². The molecule has 1 aromatic rings. The molecule has 0 fully saturated rings. The highest BCUT2D eigenvalue weighted by Crippen LogP contribution is 2.11. The summed E-state index contributed by atoms with van der Waals surface area (Å²) < 4.78 is 0. The Morgan fingerprint density at radius 2 is 1.45 bits per heavy atom. The van der Waals surface area contributed by atoms with E-state index >= 15 is 0 Å². The van der Waals surface area contributed by atoms with Crippen LogP contribution in [0.4, 0.5) is 0 Å². The third-order valence-corrected chi connectivity index (χ3v) is 3.39. The number of carbonyl (C=O) groups is 1. The summed E-state index contributed by atoms with van der Waals surface area (Å²) in [5.41, 5.74) is 0. The van der Waals surface area contributed by atoms with Gasteiger partial charge in [0.25, 0.3) is 0 Å². The van der Waals surface area contributed by atoms with Crippen LogP contribution in [-0.4, -0.2) is 31.3 Å². The van der Waals surface area contributed by atoms with Crippen molar-refractivity contribution >= 4 is 5.97 Å². The number of aliphatic carboxylic acids is 1. The molecule has 0 saturated heterocycles. The van der Waals surface area contributed by atoms with Gasteiger partial charge < -0.3 is 5.11 Å². The predicted molar refractivity (Wildman–Crippen MR) is 76.2 cm³/mol. The molecule has 0 unspecified atom stereocenters. The average Bonchev–Trinajstić information content (AvgIpc) is 2.93. The van der Waals surface area contributed by atoms with Crippen LogP contribution >= 0.6 is 0 Å². The van der Waals surface area contributed by atoms with E-state index in [0.717, 1.165) is 25.8 Å². The van der Waals surface area contributed by atoms with Crippen LogP contribution in [0.1, 0.15) is 70.6 Å². The number of hydrogen-bond acceptors (Lipinski definition) is 4. The molecule has 6 heteroatoms. The lowest BCUT2D eigenvalue weighted by atomic mass is 10.1. The van der Waals surface area contributed by atoms with Crippen LogP contribution in [-0.2, 0) is 11.3 Å². The summed E-state index contributed by atoms with van der Waals surface area (Å²) in [5.74, 6) is -0.675. The molecule has 0 spiro atoms. The number of carboxylic acid groups (broad SMARTS) is 1. The maximum absolute atomic E-state index is 10.3. The van der Waals surface area contributed by atoms with E-state index in [2.05, 4.69) is 15.4 Å². The molecule has 114 valence electrons. The van der Waals surface area contributed by atoms with Gasteiger partial charge in [0, 0.05) is 6.42 Å². The van der Waals surface area contributed by atoms with Gasteiger partial charge in [0.15, 0.2) is 6.33 Å². The molecule has 0 aromatic carbocycles. The zero-order valence-corrected chi connectivity index (χ0v) is 12.2. The van der Waals surface area contributed by atoms with Crippen molar-refractivity contribution in [3.05, 3.63) is 6.33 Å². The lowest BCUT2D eigenvalue weighted by Gasteiger charge is -2.02. The molecule has 6 nitrogen and oxygen atoms in total. The smallest absolute Gasteiger partial charge is 0.303 e. The fourth-order valence-electron chi connectivity index (χ4n) is 2.23. The van der Waals surface area contributed by atoms with Crippen LogP contribution in [0, 0.1) is 0 Å². The van der Waals surface area contributed by atoms with Crippen molar-refractivity contribution in [2.45, 2.75) is 77.2 Å². The predicted octanol–water partition coefficient (Wildman–Crippen LogP) is 3.05. The van der Waals surface area contributed by atoms with Gasteiger partial charge in [0.1, 0.15) is 0 Å². The van der Waals surface area contributed by atoms with E-state index in [1.165, 1.54) is 51.3 Å². The molecule has 0 aliphatic rings. The molecule has 0 saturated carbocycles. The Labute approximate surface area is 120 Å². The van der Waals surface area contributed by atoms with Crippen molar-refractivity contribution in [3.63, 3.8) is 0 Å². The highest BCUT2D eigenvalue weighted by Gasteiger charge is 1.97. The first-order chi connectivity index (χ1) is 9.79. The number of aryl methyl sites for hydroxylation is 1. The van der Waals surface area contributed by atoms with E-state index in [1.807, 2.05) is 0 Å². The molecule has 20 heavy (non-hydrogen) atoms. The summed E-state index contributed by atoms with van der Waals surface area (Å²) in [7, 11) is 0. The van der Waals surface area contributed by atoms with Crippen LogP contribution in [0.5, 0.6) is 0 Å². The second-order valence-electron chi connectivity index (χ2n) is 5.21. The van der Waals surface area contributed by atoms with Crippen LogP contribution < -0.4 is 0 Å². The Kier molecular flexibility index (Phi) is 9.44. The monoisotopic (exact) mass is 282 g/mol. The summed E-state index contributed by atoms with van der Waals surface area (Å²) >= 11 is 0. The molecular weight excluding hydrogens is 256 g/mol. The molecule has 1 aromatic heterocycles. The highest BCUT2D eigenvalue weighted by molar-refractivity contribution is 5.66. The van der Waals surface area contributed by atoms with E-state index < -0.39 is 5.97 Å². The summed E-state index contributed by atoms with van der Waals surface area (Å²) in [6, 6.07) is 0. The molecular formula is C14H26N4O2. The lowest BCUT2D eigenvalue weighted by Crippen LogP contribution is -2.02. The maximum atomic E-state index is 10.3. The summed E-state index contributed by atoms with van der Waals surface area (Å²) in [6.07, 6.45) is 13.5. The normalized spacial score (nSPS) is 10.8. The Morgan fingerprint density at radius 3 is 1.95 bits per heavy atom. The zero-order valence-electron chi connectivity index (χ0n) is 12.2. The topological polar surface area (TPSA) is 80.9 Å². The van der Waals surface area contributed by atoms with Crippen molar-refractivity contribution in [1.82, 2.24) is 20.2 Å². The minimum absolute atomic E-state index is 0.320. The lowest BCUT2D eigenvalue weighted by molar-refractivity contribution is -0.137. The summed E-state index contributed by atoms with van der Waals surface area (Å²) in [6.45, 7) is 0.865. The average molecular weight is 282 g/mol. The summed E-state index contributed by atoms with van der Waals surface area (Å²) in [4.78, 5) is 12.0. The third kappa shape index (κ3) is 9.47.